The number of carbonyl (C=O) groups is 2. The molecule has 0 radical (unpaired) electrons. The first kappa shape index (κ1) is 22.5. The Labute approximate surface area is 182 Å². The van der Waals surface area contributed by atoms with Crippen molar-refractivity contribution in [2.45, 2.75) is 32.1 Å². The Morgan fingerprint density at radius 1 is 1.07 bits per heavy atom. The van der Waals surface area contributed by atoms with Gasteiger partial charge in [0, 0.05) is 42.2 Å². The number of hydrogen-bond donors (Lipinski definition) is 2. The molecule has 7 heteroatoms. The number of nitrogens with one attached hydrogen (secondary N) is 2. The molecule has 1 aliphatic rings. The van der Waals surface area contributed by atoms with Crippen LogP contribution >= 0.6 is 11.3 Å². The Morgan fingerprint density at radius 2 is 1.93 bits per heavy atom. The lowest BCUT2D eigenvalue weighted by Crippen LogP contribution is -2.37. The topological polar surface area (TPSA) is 70.7 Å². The van der Waals surface area contributed by atoms with E-state index in [0.29, 0.717) is 24.2 Å². The van der Waals surface area contributed by atoms with Gasteiger partial charge in [-0.15, -0.1) is 11.3 Å². The van der Waals surface area contributed by atoms with E-state index in [1.54, 1.807) is 29.5 Å². The molecule has 1 aromatic carbocycles. The van der Waals surface area contributed by atoms with Crippen LogP contribution in [0.4, 0.5) is 5.69 Å². The van der Waals surface area contributed by atoms with E-state index >= 15 is 0 Å². The lowest BCUT2D eigenvalue weighted by Gasteiger charge is -2.26. The standard InChI is InChI=1S/C23H31N3O3S/c27-22(10-4-8-21-9-5-17-30-21)25-20-7-3-6-19(18-20)23(28)24-11-1-2-12-26-13-15-29-16-14-26/h3,5-7,9,17-18H,1-2,4,8,10-16H2,(H,24,28)(H,25,27). The minimum atomic E-state index is -0.102. The molecule has 1 aromatic heterocycles. The summed E-state index contributed by atoms with van der Waals surface area (Å²) in [6, 6.07) is 11.2. The molecule has 1 saturated heterocycles. The lowest BCUT2D eigenvalue weighted by atomic mass is 10.1. The first-order valence-corrected chi connectivity index (χ1v) is 11.6. The van der Waals surface area contributed by atoms with Gasteiger partial charge in [-0.2, -0.15) is 0 Å². The summed E-state index contributed by atoms with van der Waals surface area (Å²) in [5, 5.41) is 7.92. The third-order valence-corrected chi connectivity index (χ3v) is 6.04. The Balaban J connectivity index is 1.33. The van der Waals surface area contributed by atoms with Gasteiger partial charge in [0.15, 0.2) is 0 Å². The molecule has 0 unspecified atom stereocenters. The summed E-state index contributed by atoms with van der Waals surface area (Å²) in [5.74, 6) is -0.123. The molecule has 2 aromatic rings. The Kier molecular flexibility index (Phi) is 9.34. The highest BCUT2D eigenvalue weighted by Gasteiger charge is 2.10. The highest BCUT2D eigenvalue weighted by molar-refractivity contribution is 7.09. The fourth-order valence-electron chi connectivity index (χ4n) is 3.43. The van der Waals surface area contributed by atoms with Crippen molar-refractivity contribution in [1.82, 2.24) is 10.2 Å². The van der Waals surface area contributed by atoms with Crippen molar-refractivity contribution < 1.29 is 14.3 Å². The molecule has 6 nitrogen and oxygen atoms in total. The summed E-state index contributed by atoms with van der Waals surface area (Å²) in [7, 11) is 0. The molecule has 2 N–H and O–H groups in total. The average Bonchev–Trinajstić information content (AvgIpc) is 3.28. The maximum absolute atomic E-state index is 12.4. The molecule has 0 bridgehead atoms. The maximum Gasteiger partial charge on any atom is 0.251 e. The van der Waals surface area contributed by atoms with Crippen molar-refractivity contribution in [3.8, 4) is 0 Å². The number of rotatable bonds is 11. The van der Waals surface area contributed by atoms with E-state index < -0.39 is 0 Å². The van der Waals surface area contributed by atoms with Crippen LogP contribution in [0.5, 0.6) is 0 Å². The minimum absolute atomic E-state index is 0.0211. The molecule has 0 aliphatic carbocycles. The average molecular weight is 430 g/mol. The van der Waals surface area contributed by atoms with Crippen molar-refractivity contribution in [3.05, 3.63) is 52.2 Å². The van der Waals surface area contributed by atoms with E-state index in [0.717, 1.165) is 58.5 Å². The molecule has 162 valence electrons. The smallest absolute Gasteiger partial charge is 0.251 e. The molecule has 1 aliphatic heterocycles. The zero-order valence-corrected chi connectivity index (χ0v) is 18.2. The second kappa shape index (κ2) is 12.5. The van der Waals surface area contributed by atoms with Crippen LogP contribution in [0.1, 0.15) is 40.9 Å². The van der Waals surface area contributed by atoms with Crippen LogP contribution in [0.15, 0.2) is 41.8 Å². The summed E-state index contributed by atoms with van der Waals surface area (Å²) in [6.07, 6.45) is 4.21. The van der Waals surface area contributed by atoms with Crippen LogP contribution < -0.4 is 10.6 Å². The van der Waals surface area contributed by atoms with Crippen molar-refractivity contribution in [2.24, 2.45) is 0 Å². The number of nitrogens with zero attached hydrogens (tertiary/aromatic N) is 1. The Hall–Kier alpha value is -2.22. The monoisotopic (exact) mass is 429 g/mol. The number of amides is 2. The summed E-state index contributed by atoms with van der Waals surface area (Å²) in [6.45, 7) is 5.34. The number of benzene rings is 1. The highest BCUT2D eigenvalue weighted by atomic mass is 32.1. The van der Waals surface area contributed by atoms with Crippen LogP contribution in [0.3, 0.4) is 0 Å². The van der Waals surface area contributed by atoms with Gasteiger partial charge in [-0.1, -0.05) is 12.1 Å². The third kappa shape index (κ3) is 7.89. The van der Waals surface area contributed by atoms with E-state index in [4.69, 9.17) is 4.74 Å². The predicted octanol–water partition coefficient (Wildman–Crippen LogP) is 3.55. The Morgan fingerprint density at radius 3 is 2.73 bits per heavy atom. The number of aryl methyl sites for hydroxylation is 1. The molecular formula is C23H31N3O3S. The summed E-state index contributed by atoms with van der Waals surface area (Å²) in [5.41, 5.74) is 1.23. The van der Waals surface area contributed by atoms with E-state index in [1.807, 2.05) is 12.1 Å². The van der Waals surface area contributed by atoms with Gasteiger partial charge in [-0.25, -0.2) is 0 Å². The van der Waals surface area contributed by atoms with Gasteiger partial charge in [0.1, 0.15) is 0 Å². The van der Waals surface area contributed by atoms with Crippen molar-refractivity contribution in [2.75, 3.05) is 44.7 Å². The first-order chi connectivity index (χ1) is 14.7. The van der Waals surface area contributed by atoms with Gasteiger partial charge < -0.3 is 15.4 Å². The zero-order chi connectivity index (χ0) is 21.0. The number of carbonyl (C=O) groups excluding carboxylic acids is 2. The van der Waals surface area contributed by atoms with Crippen molar-refractivity contribution in [3.63, 3.8) is 0 Å². The van der Waals surface area contributed by atoms with Gasteiger partial charge in [-0.05, 0) is 61.9 Å². The largest absolute Gasteiger partial charge is 0.379 e. The third-order valence-electron chi connectivity index (χ3n) is 5.11. The van der Waals surface area contributed by atoms with Gasteiger partial charge in [-0.3, -0.25) is 14.5 Å². The molecular weight excluding hydrogens is 398 g/mol. The lowest BCUT2D eigenvalue weighted by molar-refractivity contribution is -0.116. The van der Waals surface area contributed by atoms with E-state index in [2.05, 4.69) is 27.0 Å². The van der Waals surface area contributed by atoms with E-state index in [9.17, 15) is 9.59 Å². The van der Waals surface area contributed by atoms with Crippen molar-refractivity contribution in [1.29, 1.82) is 0 Å². The molecule has 1 fully saturated rings. The Bertz CT molecular complexity index is 789. The van der Waals surface area contributed by atoms with Gasteiger partial charge >= 0.3 is 0 Å². The van der Waals surface area contributed by atoms with Crippen LogP contribution in [-0.4, -0.2) is 56.1 Å². The fraction of sp³-hybridized carbons (Fsp3) is 0.478. The van der Waals surface area contributed by atoms with Crippen LogP contribution in [0, 0.1) is 0 Å². The predicted molar refractivity (Wildman–Crippen MR) is 121 cm³/mol. The second-order valence-electron chi connectivity index (χ2n) is 7.48. The minimum Gasteiger partial charge on any atom is -0.379 e. The molecule has 2 amide bonds. The van der Waals surface area contributed by atoms with E-state index in [1.165, 1.54) is 4.88 Å². The zero-order valence-electron chi connectivity index (χ0n) is 17.4. The SMILES string of the molecule is O=C(CCCc1cccs1)Nc1cccc(C(=O)NCCCCN2CCOCC2)c1. The van der Waals surface area contributed by atoms with Gasteiger partial charge in [0.25, 0.3) is 5.91 Å². The molecule has 0 atom stereocenters. The maximum atomic E-state index is 12.4. The highest BCUT2D eigenvalue weighted by Crippen LogP contribution is 2.14. The summed E-state index contributed by atoms with van der Waals surface area (Å²) in [4.78, 5) is 28.3. The van der Waals surface area contributed by atoms with E-state index in [-0.39, 0.29) is 11.8 Å². The van der Waals surface area contributed by atoms with Gasteiger partial charge in [0.05, 0.1) is 13.2 Å². The molecule has 2 heterocycles. The number of unbranched alkanes of at least 4 members (excludes halogenated alkanes) is 1. The number of thiophene rings is 1. The quantitative estimate of drug-likeness (QED) is 0.536. The molecule has 0 spiro atoms. The molecule has 3 rings (SSSR count). The van der Waals surface area contributed by atoms with Crippen LogP contribution in [0.25, 0.3) is 0 Å². The fourth-order valence-corrected chi connectivity index (χ4v) is 4.18. The molecule has 30 heavy (non-hydrogen) atoms. The number of hydrogen-bond acceptors (Lipinski definition) is 5. The number of anilines is 1. The number of morpholine rings is 1. The first-order valence-electron chi connectivity index (χ1n) is 10.7. The normalized spacial score (nSPS) is 14.4. The molecule has 0 saturated carbocycles. The van der Waals surface area contributed by atoms with Gasteiger partial charge in [0.2, 0.25) is 5.91 Å². The van der Waals surface area contributed by atoms with Crippen LogP contribution in [-0.2, 0) is 16.0 Å². The summed E-state index contributed by atoms with van der Waals surface area (Å²) < 4.78 is 5.35. The summed E-state index contributed by atoms with van der Waals surface area (Å²) >= 11 is 1.72. The van der Waals surface area contributed by atoms with Crippen LogP contribution in [0.2, 0.25) is 0 Å². The second-order valence-corrected chi connectivity index (χ2v) is 8.51. The van der Waals surface area contributed by atoms with Crippen molar-refractivity contribution >= 4 is 28.8 Å². The number of ether oxygens (including phenoxy) is 1.